The second-order valence-corrected chi connectivity index (χ2v) is 6.57. The predicted octanol–water partition coefficient (Wildman–Crippen LogP) is 4.38. The lowest BCUT2D eigenvalue weighted by molar-refractivity contribution is 0.101. The zero-order valence-corrected chi connectivity index (χ0v) is 15.4. The van der Waals surface area contributed by atoms with Gasteiger partial charge in [-0.25, -0.2) is 14.6 Å². The van der Waals surface area contributed by atoms with Crippen LogP contribution in [0.5, 0.6) is 0 Å². The van der Waals surface area contributed by atoms with Crippen LogP contribution in [0, 0.1) is 13.8 Å². The highest BCUT2D eigenvalue weighted by molar-refractivity contribution is 5.95. The minimum Gasteiger partial charge on any atom is -0.339 e. The van der Waals surface area contributed by atoms with Gasteiger partial charge in [-0.2, -0.15) is 5.10 Å². The van der Waals surface area contributed by atoms with Crippen molar-refractivity contribution in [1.82, 2.24) is 19.7 Å². The number of ketones is 1. The highest BCUT2D eigenvalue weighted by Crippen LogP contribution is 2.26. The maximum Gasteiger partial charge on any atom is 0.168 e. The topological polar surface area (TPSA) is 72.7 Å². The highest BCUT2D eigenvalue weighted by atomic mass is 16.1. The van der Waals surface area contributed by atoms with Gasteiger partial charge in [-0.05, 0) is 44.5 Å². The standard InChI is InChI=1S/C21H19N5O/c1-13-7-8-19(14(2)9-13)26-21-18(11-24-26)20(22-12-23-21)25-17-6-4-5-16(10-17)15(3)27/h4-12H,1-3H3,(H,22,23,25). The van der Waals surface area contributed by atoms with Crippen LogP contribution in [0.1, 0.15) is 28.4 Å². The molecule has 0 fully saturated rings. The monoisotopic (exact) mass is 357 g/mol. The van der Waals surface area contributed by atoms with Gasteiger partial charge < -0.3 is 5.32 Å². The van der Waals surface area contributed by atoms with E-state index in [0.29, 0.717) is 11.4 Å². The van der Waals surface area contributed by atoms with Crippen molar-refractivity contribution in [2.75, 3.05) is 5.32 Å². The number of benzene rings is 2. The van der Waals surface area contributed by atoms with Gasteiger partial charge >= 0.3 is 0 Å². The molecular weight excluding hydrogens is 338 g/mol. The quantitative estimate of drug-likeness (QED) is 0.549. The van der Waals surface area contributed by atoms with E-state index >= 15 is 0 Å². The van der Waals surface area contributed by atoms with Gasteiger partial charge in [-0.1, -0.05) is 29.8 Å². The molecule has 0 spiro atoms. The van der Waals surface area contributed by atoms with Gasteiger partial charge in [0.1, 0.15) is 12.1 Å². The molecule has 0 aliphatic heterocycles. The van der Waals surface area contributed by atoms with E-state index in [1.807, 2.05) is 28.9 Å². The number of rotatable bonds is 4. The number of nitrogens with one attached hydrogen (secondary N) is 1. The van der Waals surface area contributed by atoms with E-state index in [4.69, 9.17) is 0 Å². The first-order chi connectivity index (χ1) is 13.0. The van der Waals surface area contributed by atoms with Crippen LogP contribution >= 0.6 is 0 Å². The molecule has 0 unspecified atom stereocenters. The number of carbonyl (C=O) groups is 1. The summed E-state index contributed by atoms with van der Waals surface area (Å²) in [7, 11) is 0. The van der Waals surface area contributed by atoms with Crippen LogP contribution in [-0.2, 0) is 0 Å². The van der Waals surface area contributed by atoms with Crippen molar-refractivity contribution in [1.29, 1.82) is 0 Å². The van der Waals surface area contributed by atoms with Crippen molar-refractivity contribution < 1.29 is 4.79 Å². The van der Waals surface area contributed by atoms with Crippen molar-refractivity contribution >= 4 is 28.3 Å². The molecule has 0 radical (unpaired) electrons. The molecule has 0 atom stereocenters. The van der Waals surface area contributed by atoms with Crippen LogP contribution in [0.3, 0.4) is 0 Å². The molecular formula is C21H19N5O. The van der Waals surface area contributed by atoms with E-state index in [1.54, 1.807) is 19.2 Å². The van der Waals surface area contributed by atoms with Crippen LogP contribution in [0.2, 0.25) is 0 Å². The summed E-state index contributed by atoms with van der Waals surface area (Å²) in [6.07, 6.45) is 3.27. The SMILES string of the molecule is CC(=O)c1cccc(Nc2ncnc3c2cnn3-c2ccc(C)cc2C)c1. The predicted molar refractivity (Wildman–Crippen MR) is 106 cm³/mol. The summed E-state index contributed by atoms with van der Waals surface area (Å²) in [4.78, 5) is 20.4. The summed E-state index contributed by atoms with van der Waals surface area (Å²) in [6, 6.07) is 13.6. The molecule has 6 nitrogen and oxygen atoms in total. The Kier molecular flexibility index (Phi) is 4.16. The third-order valence-electron chi connectivity index (χ3n) is 4.48. The van der Waals surface area contributed by atoms with E-state index in [0.717, 1.165) is 28.0 Å². The lowest BCUT2D eigenvalue weighted by Crippen LogP contribution is -2.02. The maximum atomic E-state index is 11.6. The van der Waals surface area contributed by atoms with Crippen molar-refractivity contribution in [3.63, 3.8) is 0 Å². The Balaban J connectivity index is 1.77. The minimum atomic E-state index is 0.0224. The summed E-state index contributed by atoms with van der Waals surface area (Å²) in [6.45, 7) is 5.68. The van der Waals surface area contributed by atoms with Crippen molar-refractivity contribution in [3.05, 3.63) is 71.7 Å². The molecule has 2 heterocycles. The molecule has 0 saturated carbocycles. The summed E-state index contributed by atoms with van der Waals surface area (Å²) in [5.74, 6) is 0.672. The number of nitrogens with zero attached hydrogens (tertiary/aromatic N) is 4. The molecule has 0 saturated heterocycles. The summed E-state index contributed by atoms with van der Waals surface area (Å²) in [5, 5.41) is 8.61. The fourth-order valence-corrected chi connectivity index (χ4v) is 3.12. The lowest BCUT2D eigenvalue weighted by Gasteiger charge is -2.09. The van der Waals surface area contributed by atoms with Gasteiger partial charge in [0.05, 0.1) is 17.3 Å². The van der Waals surface area contributed by atoms with Gasteiger partial charge in [-0.3, -0.25) is 4.79 Å². The van der Waals surface area contributed by atoms with Crippen LogP contribution < -0.4 is 5.32 Å². The number of anilines is 2. The number of hydrogen-bond donors (Lipinski definition) is 1. The van der Waals surface area contributed by atoms with Crippen molar-refractivity contribution in [2.45, 2.75) is 20.8 Å². The molecule has 2 aromatic heterocycles. The maximum absolute atomic E-state index is 11.6. The first-order valence-corrected chi connectivity index (χ1v) is 8.67. The largest absolute Gasteiger partial charge is 0.339 e. The molecule has 0 aliphatic rings. The molecule has 4 rings (SSSR count). The smallest absolute Gasteiger partial charge is 0.168 e. The molecule has 0 aliphatic carbocycles. The minimum absolute atomic E-state index is 0.0224. The lowest BCUT2D eigenvalue weighted by atomic mass is 10.1. The fraction of sp³-hybridized carbons (Fsp3) is 0.143. The number of hydrogen-bond acceptors (Lipinski definition) is 5. The van der Waals surface area contributed by atoms with Gasteiger partial charge in [0.25, 0.3) is 0 Å². The first-order valence-electron chi connectivity index (χ1n) is 8.67. The second-order valence-electron chi connectivity index (χ2n) is 6.57. The Morgan fingerprint density at radius 1 is 1.07 bits per heavy atom. The molecule has 2 aromatic carbocycles. The third-order valence-corrected chi connectivity index (χ3v) is 4.48. The average Bonchev–Trinajstić information content (AvgIpc) is 3.07. The molecule has 4 aromatic rings. The molecule has 1 N–H and O–H groups in total. The first kappa shape index (κ1) is 16.9. The number of Topliss-reactive ketones (excluding diaryl/α,β-unsaturated/α-hetero) is 1. The van der Waals surface area contributed by atoms with Crippen LogP contribution in [-0.4, -0.2) is 25.5 Å². The van der Waals surface area contributed by atoms with Crippen LogP contribution in [0.4, 0.5) is 11.5 Å². The molecule has 6 heteroatoms. The summed E-state index contributed by atoms with van der Waals surface area (Å²) >= 11 is 0. The number of fused-ring (bicyclic) bond motifs is 1. The number of carbonyl (C=O) groups excluding carboxylic acids is 1. The zero-order valence-electron chi connectivity index (χ0n) is 15.4. The fourth-order valence-electron chi connectivity index (χ4n) is 3.12. The van der Waals surface area contributed by atoms with Gasteiger partial charge in [-0.15, -0.1) is 0 Å². The molecule has 0 amide bonds. The second kappa shape index (κ2) is 6.64. The Morgan fingerprint density at radius 3 is 2.70 bits per heavy atom. The molecule has 27 heavy (non-hydrogen) atoms. The van der Waals surface area contributed by atoms with Crippen molar-refractivity contribution in [2.24, 2.45) is 0 Å². The van der Waals surface area contributed by atoms with Gasteiger partial charge in [0.2, 0.25) is 0 Å². The van der Waals surface area contributed by atoms with E-state index in [9.17, 15) is 4.79 Å². The van der Waals surface area contributed by atoms with Crippen molar-refractivity contribution in [3.8, 4) is 5.69 Å². The van der Waals surface area contributed by atoms with Gasteiger partial charge in [0.15, 0.2) is 11.4 Å². The number of aryl methyl sites for hydroxylation is 2. The molecule has 134 valence electrons. The summed E-state index contributed by atoms with van der Waals surface area (Å²) in [5.41, 5.74) is 5.48. The summed E-state index contributed by atoms with van der Waals surface area (Å²) < 4.78 is 1.82. The Morgan fingerprint density at radius 2 is 1.93 bits per heavy atom. The highest BCUT2D eigenvalue weighted by Gasteiger charge is 2.13. The number of aromatic nitrogens is 4. The van der Waals surface area contributed by atoms with Gasteiger partial charge in [0, 0.05) is 11.3 Å². The van der Waals surface area contributed by atoms with E-state index < -0.39 is 0 Å². The van der Waals surface area contributed by atoms with E-state index in [1.165, 1.54) is 11.9 Å². The molecule has 0 bridgehead atoms. The zero-order chi connectivity index (χ0) is 19.0. The Hall–Kier alpha value is -3.54. The third kappa shape index (κ3) is 3.17. The van der Waals surface area contributed by atoms with Crippen LogP contribution in [0.15, 0.2) is 55.0 Å². The van der Waals surface area contributed by atoms with E-state index in [2.05, 4.69) is 46.4 Å². The Labute approximate surface area is 156 Å². The van der Waals surface area contributed by atoms with Crippen LogP contribution in [0.25, 0.3) is 16.7 Å². The Bertz CT molecular complexity index is 1160. The average molecular weight is 357 g/mol. The normalized spacial score (nSPS) is 10.9. The van der Waals surface area contributed by atoms with E-state index in [-0.39, 0.29) is 5.78 Å².